The number of ether oxygens (including phenoxy) is 2. The molecule has 3 rings (SSSR count). The minimum Gasteiger partial charge on any atom is -0.497 e. The SMILES string of the molecule is COc1cc(OC)cc(C(NS(=O)(=O)c2ccc(Cl)c(C(F)(F)F)c2)c2nccn2C)c1. The van der Waals surface area contributed by atoms with Gasteiger partial charge in [0.1, 0.15) is 23.4 Å². The second kappa shape index (κ2) is 9.00. The standard InChI is InChI=1S/C20H19ClF3N3O4S/c1-27-7-6-25-19(27)18(12-8-13(30-2)10-14(9-12)31-3)26-32(28,29)15-4-5-17(21)16(11-15)20(22,23)24/h4-11,18,26H,1-3H3. The topological polar surface area (TPSA) is 82.4 Å². The van der Waals surface area contributed by atoms with Crippen LogP contribution in [-0.4, -0.2) is 32.2 Å². The van der Waals surface area contributed by atoms with Crippen LogP contribution in [0.15, 0.2) is 53.7 Å². The first-order chi connectivity index (χ1) is 15.0. The van der Waals surface area contributed by atoms with E-state index in [0.29, 0.717) is 29.0 Å². The van der Waals surface area contributed by atoms with E-state index in [-0.39, 0.29) is 0 Å². The molecule has 0 radical (unpaired) electrons. The molecular formula is C20H19ClF3N3O4S. The molecule has 1 unspecified atom stereocenters. The Hall–Kier alpha value is -2.76. The molecule has 0 spiro atoms. The number of methoxy groups -OCH3 is 2. The highest BCUT2D eigenvalue weighted by atomic mass is 35.5. The molecule has 172 valence electrons. The van der Waals surface area contributed by atoms with Gasteiger partial charge in [0.15, 0.2) is 0 Å². The van der Waals surface area contributed by atoms with Gasteiger partial charge in [-0.2, -0.15) is 17.9 Å². The van der Waals surface area contributed by atoms with Crippen LogP contribution in [0.5, 0.6) is 11.5 Å². The predicted molar refractivity (Wildman–Crippen MR) is 111 cm³/mol. The first-order valence-electron chi connectivity index (χ1n) is 9.05. The Bertz CT molecular complexity index is 1210. The van der Waals surface area contributed by atoms with Gasteiger partial charge in [-0.3, -0.25) is 0 Å². The molecule has 0 aliphatic carbocycles. The fourth-order valence-corrected chi connectivity index (χ4v) is 4.47. The van der Waals surface area contributed by atoms with Crippen molar-refractivity contribution in [2.45, 2.75) is 17.1 Å². The van der Waals surface area contributed by atoms with E-state index in [1.54, 1.807) is 36.0 Å². The lowest BCUT2D eigenvalue weighted by Gasteiger charge is -2.21. The second-order valence-electron chi connectivity index (χ2n) is 6.74. The second-order valence-corrected chi connectivity index (χ2v) is 8.86. The van der Waals surface area contributed by atoms with Crippen molar-refractivity contribution >= 4 is 21.6 Å². The van der Waals surface area contributed by atoms with Crippen LogP contribution in [0.25, 0.3) is 0 Å². The Labute approximate surface area is 187 Å². The summed E-state index contributed by atoms with van der Waals surface area (Å²) in [5.41, 5.74) is -0.845. The number of hydrogen-bond acceptors (Lipinski definition) is 5. The van der Waals surface area contributed by atoms with E-state index in [4.69, 9.17) is 21.1 Å². The van der Waals surface area contributed by atoms with Crippen molar-refractivity contribution in [3.63, 3.8) is 0 Å². The van der Waals surface area contributed by atoms with Gasteiger partial charge < -0.3 is 14.0 Å². The van der Waals surface area contributed by atoms with Crippen LogP contribution >= 0.6 is 11.6 Å². The van der Waals surface area contributed by atoms with Gasteiger partial charge in [0.2, 0.25) is 10.0 Å². The highest BCUT2D eigenvalue weighted by molar-refractivity contribution is 7.89. The van der Waals surface area contributed by atoms with Crippen LogP contribution in [0, 0.1) is 0 Å². The molecule has 0 aliphatic rings. The van der Waals surface area contributed by atoms with E-state index in [1.807, 2.05) is 0 Å². The van der Waals surface area contributed by atoms with Crippen molar-refractivity contribution < 1.29 is 31.1 Å². The van der Waals surface area contributed by atoms with Gasteiger partial charge in [-0.05, 0) is 35.9 Å². The Morgan fingerprint density at radius 1 is 1.09 bits per heavy atom. The maximum absolute atomic E-state index is 13.2. The Morgan fingerprint density at radius 2 is 1.72 bits per heavy atom. The van der Waals surface area contributed by atoms with Crippen LogP contribution in [-0.2, 0) is 23.2 Å². The minimum atomic E-state index is -4.82. The van der Waals surface area contributed by atoms with E-state index >= 15 is 0 Å². The quantitative estimate of drug-likeness (QED) is 0.538. The molecule has 1 aromatic heterocycles. The molecule has 0 bridgehead atoms. The number of alkyl halides is 3. The Kier molecular flexibility index (Phi) is 6.72. The zero-order valence-electron chi connectivity index (χ0n) is 17.1. The summed E-state index contributed by atoms with van der Waals surface area (Å²) in [6.45, 7) is 0. The predicted octanol–water partition coefficient (Wildman–Crippen LogP) is 4.18. The summed E-state index contributed by atoms with van der Waals surface area (Å²) in [6.07, 6.45) is -1.74. The molecule has 1 N–H and O–H groups in total. The third-order valence-corrected chi connectivity index (χ3v) is 6.40. The summed E-state index contributed by atoms with van der Waals surface area (Å²) in [4.78, 5) is 3.61. The van der Waals surface area contributed by atoms with E-state index in [9.17, 15) is 21.6 Å². The number of nitrogens with zero attached hydrogens (tertiary/aromatic N) is 2. The monoisotopic (exact) mass is 489 g/mol. The summed E-state index contributed by atoms with van der Waals surface area (Å²) < 4.78 is 80.5. The van der Waals surface area contributed by atoms with E-state index in [2.05, 4.69) is 9.71 Å². The number of nitrogens with one attached hydrogen (secondary N) is 1. The van der Waals surface area contributed by atoms with Crippen molar-refractivity contribution in [1.29, 1.82) is 0 Å². The zero-order chi connectivity index (χ0) is 23.7. The van der Waals surface area contributed by atoms with E-state index < -0.39 is 37.7 Å². The van der Waals surface area contributed by atoms with Crippen molar-refractivity contribution in [2.75, 3.05) is 14.2 Å². The number of rotatable bonds is 7. The summed E-state index contributed by atoms with van der Waals surface area (Å²) >= 11 is 5.62. The number of aromatic nitrogens is 2. The van der Waals surface area contributed by atoms with Crippen LogP contribution in [0.1, 0.15) is 23.0 Å². The highest BCUT2D eigenvalue weighted by Crippen LogP contribution is 2.36. The summed E-state index contributed by atoms with van der Waals surface area (Å²) in [7, 11) is 0.0959. The van der Waals surface area contributed by atoms with Crippen LogP contribution < -0.4 is 14.2 Å². The number of benzene rings is 2. The molecule has 1 heterocycles. The first-order valence-corrected chi connectivity index (χ1v) is 10.9. The number of imidazole rings is 1. The summed E-state index contributed by atoms with van der Waals surface area (Å²) in [5.74, 6) is 1.08. The lowest BCUT2D eigenvalue weighted by Crippen LogP contribution is -2.31. The average molecular weight is 490 g/mol. The highest BCUT2D eigenvalue weighted by Gasteiger charge is 2.35. The number of halogens is 4. The molecule has 32 heavy (non-hydrogen) atoms. The molecule has 12 heteroatoms. The number of aryl methyl sites for hydroxylation is 1. The number of sulfonamides is 1. The summed E-state index contributed by atoms with van der Waals surface area (Å²) in [5, 5.41) is -0.602. The van der Waals surface area contributed by atoms with Crippen LogP contribution in [0.4, 0.5) is 13.2 Å². The fraction of sp³-hybridized carbons (Fsp3) is 0.250. The Morgan fingerprint density at radius 3 is 2.22 bits per heavy atom. The van der Waals surface area contributed by atoms with Crippen LogP contribution in [0.2, 0.25) is 5.02 Å². The molecule has 0 amide bonds. The maximum Gasteiger partial charge on any atom is 0.417 e. The normalized spacial score (nSPS) is 13.1. The lowest BCUT2D eigenvalue weighted by molar-refractivity contribution is -0.137. The van der Waals surface area contributed by atoms with Crippen molar-refractivity contribution in [3.05, 3.63) is 70.8 Å². The maximum atomic E-state index is 13.2. The van der Waals surface area contributed by atoms with Gasteiger partial charge in [0.05, 0.1) is 29.7 Å². The van der Waals surface area contributed by atoms with Gasteiger partial charge in [-0.1, -0.05) is 11.6 Å². The lowest BCUT2D eigenvalue weighted by atomic mass is 10.1. The van der Waals surface area contributed by atoms with Gasteiger partial charge in [0, 0.05) is 25.5 Å². The molecular weight excluding hydrogens is 471 g/mol. The van der Waals surface area contributed by atoms with Gasteiger partial charge in [0.25, 0.3) is 0 Å². The summed E-state index contributed by atoms with van der Waals surface area (Å²) in [6, 6.07) is 6.08. The molecule has 1 atom stereocenters. The minimum absolute atomic E-state index is 0.300. The number of hydrogen-bond donors (Lipinski definition) is 1. The average Bonchev–Trinajstić information content (AvgIpc) is 3.16. The largest absolute Gasteiger partial charge is 0.497 e. The van der Waals surface area contributed by atoms with Gasteiger partial charge in [-0.15, -0.1) is 0 Å². The van der Waals surface area contributed by atoms with Crippen LogP contribution in [0.3, 0.4) is 0 Å². The third-order valence-electron chi connectivity index (χ3n) is 4.65. The molecule has 0 aliphatic heterocycles. The molecule has 0 saturated carbocycles. The molecule has 2 aromatic carbocycles. The molecule has 0 fully saturated rings. The van der Waals surface area contributed by atoms with E-state index in [0.717, 1.165) is 12.1 Å². The smallest absolute Gasteiger partial charge is 0.417 e. The van der Waals surface area contributed by atoms with Gasteiger partial charge in [-0.25, -0.2) is 13.4 Å². The third kappa shape index (κ3) is 5.00. The molecule has 7 nitrogen and oxygen atoms in total. The Balaban J connectivity index is 2.12. The molecule has 0 saturated heterocycles. The zero-order valence-corrected chi connectivity index (χ0v) is 18.7. The van der Waals surface area contributed by atoms with Crippen molar-refractivity contribution in [3.8, 4) is 11.5 Å². The van der Waals surface area contributed by atoms with Crippen molar-refractivity contribution in [1.82, 2.24) is 14.3 Å². The van der Waals surface area contributed by atoms with E-state index in [1.165, 1.54) is 20.4 Å². The van der Waals surface area contributed by atoms with Gasteiger partial charge >= 0.3 is 6.18 Å². The first kappa shape index (κ1) is 23.9. The fourth-order valence-electron chi connectivity index (χ4n) is 3.03. The molecule has 3 aromatic rings. The van der Waals surface area contributed by atoms with Crippen molar-refractivity contribution in [2.24, 2.45) is 7.05 Å².